The van der Waals surface area contributed by atoms with Crippen LogP contribution in [0.5, 0.6) is 0 Å². The lowest BCUT2D eigenvalue weighted by Gasteiger charge is -2.14. The number of benzene rings is 1. The van der Waals surface area contributed by atoms with Crippen molar-refractivity contribution >= 4 is 30.7 Å². The van der Waals surface area contributed by atoms with Gasteiger partial charge in [0.05, 0.1) is 12.4 Å². The Morgan fingerprint density at radius 3 is 2.59 bits per heavy atom. The molecule has 1 aromatic carbocycles. The van der Waals surface area contributed by atoms with Crippen LogP contribution in [-0.4, -0.2) is 17.8 Å². The Balaban J connectivity index is 2.11. The van der Waals surface area contributed by atoms with Crippen molar-refractivity contribution in [2.45, 2.75) is 13.0 Å². The number of hydrogen-bond acceptors (Lipinski definition) is 3. The zero-order chi connectivity index (χ0) is 12.3. The van der Waals surface area contributed by atoms with Crippen LogP contribution in [0.4, 0.5) is 5.82 Å². The highest BCUT2D eigenvalue weighted by atomic mass is 35.5. The van der Waals surface area contributed by atoms with E-state index in [4.69, 9.17) is 11.6 Å². The van der Waals surface area contributed by atoms with Crippen LogP contribution >= 0.6 is 11.6 Å². The van der Waals surface area contributed by atoms with E-state index in [0.717, 1.165) is 0 Å². The summed E-state index contributed by atoms with van der Waals surface area (Å²) in [7, 11) is 2.07. The fourth-order valence-corrected chi connectivity index (χ4v) is 1.72. The molecule has 1 atom stereocenters. The monoisotopic (exact) mass is 245 g/mol. The summed E-state index contributed by atoms with van der Waals surface area (Å²) in [4.78, 5) is 8.14. The molecule has 0 aliphatic carbocycles. The van der Waals surface area contributed by atoms with Gasteiger partial charge in [-0.3, -0.25) is 4.98 Å². The Hall–Kier alpha value is -1.55. The molecule has 86 valence electrons. The quantitative estimate of drug-likeness (QED) is 0.834. The molecule has 1 heterocycles. The molecule has 0 fully saturated rings. The number of nitrogens with one attached hydrogen (secondary N) is 1. The second-order valence-electron chi connectivity index (χ2n) is 4.00. The molecule has 2 rings (SSSR count). The molecule has 0 saturated carbocycles. The summed E-state index contributed by atoms with van der Waals surface area (Å²) < 4.78 is 0. The van der Waals surface area contributed by atoms with Crippen molar-refractivity contribution in [3.63, 3.8) is 0 Å². The highest BCUT2D eigenvalue weighted by Crippen LogP contribution is 2.17. The second kappa shape index (κ2) is 5.19. The maximum Gasteiger partial charge on any atom is 0.149 e. The first-order valence-electron chi connectivity index (χ1n) is 5.46. The summed E-state index contributed by atoms with van der Waals surface area (Å²) in [5, 5.41) is 3.65. The first kappa shape index (κ1) is 11.9. The Morgan fingerprint density at radius 2 is 1.94 bits per heavy atom. The lowest BCUT2D eigenvalue weighted by Crippen LogP contribution is -2.10. The fourth-order valence-electron chi connectivity index (χ4n) is 1.57. The minimum absolute atomic E-state index is 0.170. The lowest BCUT2D eigenvalue weighted by atomic mass is 9.94. The fraction of sp³-hybridized carbons (Fsp3) is 0.167. The summed E-state index contributed by atoms with van der Waals surface area (Å²) in [5.74, 6) is 0.686. The average Bonchev–Trinajstić information content (AvgIpc) is 2.29. The van der Waals surface area contributed by atoms with E-state index in [-0.39, 0.29) is 6.04 Å². The number of halogens is 1. The zero-order valence-corrected chi connectivity index (χ0v) is 10.6. The molecular weight excluding hydrogens is 232 g/mol. The van der Waals surface area contributed by atoms with Gasteiger partial charge in [0.15, 0.2) is 0 Å². The van der Waals surface area contributed by atoms with Crippen LogP contribution in [-0.2, 0) is 0 Å². The Kier molecular flexibility index (Phi) is 3.64. The van der Waals surface area contributed by atoms with Crippen LogP contribution in [0.15, 0.2) is 36.7 Å². The van der Waals surface area contributed by atoms with Crippen molar-refractivity contribution < 1.29 is 0 Å². The first-order chi connectivity index (χ1) is 8.15. The van der Waals surface area contributed by atoms with Gasteiger partial charge in [0, 0.05) is 6.04 Å². The minimum atomic E-state index is 0.170. The van der Waals surface area contributed by atoms with E-state index in [2.05, 4.69) is 54.3 Å². The van der Waals surface area contributed by atoms with Crippen molar-refractivity contribution in [2.75, 3.05) is 5.32 Å². The van der Waals surface area contributed by atoms with E-state index in [1.54, 1.807) is 6.20 Å². The van der Waals surface area contributed by atoms with Crippen LogP contribution in [0.2, 0.25) is 5.15 Å². The maximum atomic E-state index is 5.78. The molecule has 0 saturated heterocycles. The van der Waals surface area contributed by atoms with Crippen LogP contribution in [0.1, 0.15) is 18.5 Å². The van der Waals surface area contributed by atoms with Gasteiger partial charge in [-0.05, 0) is 12.5 Å². The Morgan fingerprint density at radius 1 is 1.24 bits per heavy atom. The Bertz CT molecular complexity index is 501. The summed E-state index contributed by atoms with van der Waals surface area (Å²) in [5.41, 5.74) is 2.46. The summed E-state index contributed by atoms with van der Waals surface area (Å²) in [6.07, 6.45) is 3.18. The van der Waals surface area contributed by atoms with Gasteiger partial charge < -0.3 is 5.32 Å². The van der Waals surface area contributed by atoms with Crippen LogP contribution in [0, 0.1) is 0 Å². The van der Waals surface area contributed by atoms with E-state index < -0.39 is 0 Å². The number of aromatic nitrogens is 2. The van der Waals surface area contributed by atoms with Crippen LogP contribution in [0.25, 0.3) is 0 Å². The molecule has 5 heteroatoms. The summed E-state index contributed by atoms with van der Waals surface area (Å²) in [6, 6.07) is 8.56. The van der Waals surface area contributed by atoms with Crippen LogP contribution < -0.4 is 10.8 Å². The normalized spacial score (nSPS) is 12.1. The second-order valence-corrected chi connectivity index (χ2v) is 4.39. The topological polar surface area (TPSA) is 37.8 Å². The molecule has 0 aliphatic heterocycles. The zero-order valence-electron chi connectivity index (χ0n) is 9.81. The van der Waals surface area contributed by atoms with Crippen molar-refractivity contribution in [1.82, 2.24) is 9.97 Å². The van der Waals surface area contributed by atoms with Gasteiger partial charge in [0.1, 0.15) is 18.8 Å². The summed E-state index contributed by atoms with van der Waals surface area (Å²) in [6.45, 7) is 2.08. The van der Waals surface area contributed by atoms with Gasteiger partial charge in [-0.2, -0.15) is 0 Å². The third-order valence-corrected chi connectivity index (χ3v) is 2.73. The molecule has 0 bridgehead atoms. The molecule has 0 aliphatic rings. The molecule has 0 radical (unpaired) electrons. The van der Waals surface area contributed by atoms with Gasteiger partial charge in [-0.15, -0.1) is 0 Å². The van der Waals surface area contributed by atoms with Gasteiger partial charge in [0.25, 0.3) is 0 Å². The molecule has 3 nitrogen and oxygen atoms in total. The predicted octanol–water partition coefficient (Wildman–Crippen LogP) is 1.56. The molecule has 17 heavy (non-hydrogen) atoms. The number of nitrogens with zero attached hydrogens (tertiary/aromatic N) is 2. The number of hydrogen-bond donors (Lipinski definition) is 1. The smallest absolute Gasteiger partial charge is 0.149 e. The van der Waals surface area contributed by atoms with E-state index in [0.29, 0.717) is 11.0 Å². The SMILES string of the molecule is Bc1ccc([C@H](C)Nc2cncc(Cl)n2)cc1. The van der Waals surface area contributed by atoms with Crippen molar-refractivity contribution in [3.05, 3.63) is 47.4 Å². The maximum absolute atomic E-state index is 5.78. The summed E-state index contributed by atoms with van der Waals surface area (Å²) >= 11 is 5.78. The lowest BCUT2D eigenvalue weighted by molar-refractivity contribution is 0.872. The molecule has 1 aromatic heterocycles. The third kappa shape index (κ3) is 3.20. The standard InChI is InChI=1S/C12H13BClN3/c1-8(9-2-4-10(13)5-3-9)16-12-7-15-6-11(14)17-12/h2-8H,13H2,1H3,(H,16,17)/t8-/m0/s1. The highest BCUT2D eigenvalue weighted by Gasteiger charge is 2.06. The molecule has 2 aromatic rings. The molecule has 0 amide bonds. The highest BCUT2D eigenvalue weighted by molar-refractivity contribution is 6.32. The number of rotatable bonds is 3. The van der Waals surface area contributed by atoms with Gasteiger partial charge >= 0.3 is 0 Å². The number of anilines is 1. The van der Waals surface area contributed by atoms with E-state index in [1.807, 2.05) is 0 Å². The van der Waals surface area contributed by atoms with E-state index >= 15 is 0 Å². The Labute approximate surface area is 107 Å². The van der Waals surface area contributed by atoms with Crippen molar-refractivity contribution in [3.8, 4) is 0 Å². The van der Waals surface area contributed by atoms with E-state index in [9.17, 15) is 0 Å². The van der Waals surface area contributed by atoms with E-state index in [1.165, 1.54) is 17.2 Å². The molecule has 0 unspecified atom stereocenters. The van der Waals surface area contributed by atoms with Crippen molar-refractivity contribution in [2.24, 2.45) is 0 Å². The minimum Gasteiger partial charge on any atom is -0.362 e. The van der Waals surface area contributed by atoms with Crippen molar-refractivity contribution in [1.29, 1.82) is 0 Å². The first-order valence-corrected chi connectivity index (χ1v) is 5.83. The van der Waals surface area contributed by atoms with Crippen LogP contribution in [0.3, 0.4) is 0 Å². The van der Waals surface area contributed by atoms with Gasteiger partial charge in [-0.25, -0.2) is 4.98 Å². The largest absolute Gasteiger partial charge is 0.362 e. The molecule has 1 N–H and O–H groups in total. The average molecular weight is 246 g/mol. The molecule has 0 spiro atoms. The van der Waals surface area contributed by atoms with Gasteiger partial charge in [-0.1, -0.05) is 41.3 Å². The molecular formula is C12H13BClN3. The van der Waals surface area contributed by atoms with Gasteiger partial charge in [0.2, 0.25) is 0 Å². The predicted molar refractivity (Wildman–Crippen MR) is 73.7 cm³/mol. The third-order valence-electron chi connectivity index (χ3n) is 2.55.